The van der Waals surface area contributed by atoms with Crippen molar-refractivity contribution in [2.24, 2.45) is 0 Å². The van der Waals surface area contributed by atoms with Crippen LogP contribution < -0.4 is 9.47 Å². The van der Waals surface area contributed by atoms with Crippen LogP contribution in [0.2, 0.25) is 0 Å². The van der Waals surface area contributed by atoms with Gasteiger partial charge in [-0.05, 0) is 25.1 Å². The Balaban J connectivity index is 2.72. The Hall–Kier alpha value is -2.63. The highest BCUT2D eigenvalue weighted by atomic mass is 16.5. The van der Waals surface area contributed by atoms with E-state index in [1.54, 1.807) is 25.1 Å². The molecule has 0 fully saturated rings. The Labute approximate surface area is 116 Å². The van der Waals surface area contributed by atoms with Gasteiger partial charge in [-0.15, -0.1) is 0 Å². The summed E-state index contributed by atoms with van der Waals surface area (Å²) in [4.78, 5) is 19.5. The Bertz CT molecular complexity index is 656. The number of carboxylic acids is 1. The minimum absolute atomic E-state index is 0.0159. The fourth-order valence-electron chi connectivity index (χ4n) is 1.83. The largest absolute Gasteiger partial charge is 0.497 e. The van der Waals surface area contributed by atoms with Gasteiger partial charge in [0, 0.05) is 11.8 Å². The van der Waals surface area contributed by atoms with E-state index >= 15 is 0 Å². The summed E-state index contributed by atoms with van der Waals surface area (Å²) in [7, 11) is 3.05. The van der Waals surface area contributed by atoms with Gasteiger partial charge in [-0.3, -0.25) is 0 Å². The molecule has 0 saturated heterocycles. The molecule has 20 heavy (non-hydrogen) atoms. The van der Waals surface area contributed by atoms with Crippen molar-refractivity contribution in [1.82, 2.24) is 9.97 Å². The fraction of sp³-hybridized carbons (Fsp3) is 0.214. The zero-order chi connectivity index (χ0) is 14.7. The monoisotopic (exact) mass is 274 g/mol. The number of rotatable bonds is 4. The Morgan fingerprint density at radius 2 is 2.00 bits per heavy atom. The highest BCUT2D eigenvalue weighted by Gasteiger charge is 2.18. The third-order valence-electron chi connectivity index (χ3n) is 2.80. The van der Waals surface area contributed by atoms with Gasteiger partial charge in [0.1, 0.15) is 22.9 Å². The maximum atomic E-state index is 11.3. The Morgan fingerprint density at radius 1 is 1.25 bits per heavy atom. The summed E-state index contributed by atoms with van der Waals surface area (Å²) in [5.41, 5.74) is 0.873. The van der Waals surface area contributed by atoms with Crippen LogP contribution in [0.25, 0.3) is 11.3 Å². The zero-order valence-corrected chi connectivity index (χ0v) is 11.4. The number of hydrogen-bond donors (Lipinski definition) is 1. The molecule has 0 amide bonds. The molecule has 0 aliphatic heterocycles. The van der Waals surface area contributed by atoms with Crippen LogP contribution in [0.4, 0.5) is 0 Å². The Morgan fingerprint density at radius 3 is 2.60 bits per heavy atom. The van der Waals surface area contributed by atoms with E-state index in [9.17, 15) is 9.90 Å². The molecule has 0 spiro atoms. The molecular formula is C14H14N2O4. The van der Waals surface area contributed by atoms with Crippen LogP contribution in [0.5, 0.6) is 11.5 Å². The maximum absolute atomic E-state index is 11.3. The lowest BCUT2D eigenvalue weighted by atomic mass is 10.1. The first-order chi connectivity index (χ1) is 9.56. The van der Waals surface area contributed by atoms with Crippen molar-refractivity contribution in [3.05, 3.63) is 35.8 Å². The van der Waals surface area contributed by atoms with Crippen molar-refractivity contribution in [2.75, 3.05) is 14.2 Å². The molecule has 1 N–H and O–H groups in total. The van der Waals surface area contributed by atoms with E-state index in [0.29, 0.717) is 28.6 Å². The average Bonchev–Trinajstić information content (AvgIpc) is 2.46. The van der Waals surface area contributed by atoms with Gasteiger partial charge in [0.25, 0.3) is 0 Å². The summed E-state index contributed by atoms with van der Waals surface area (Å²) < 4.78 is 10.4. The molecule has 104 valence electrons. The van der Waals surface area contributed by atoms with Gasteiger partial charge in [0.15, 0.2) is 0 Å². The molecule has 0 aliphatic carbocycles. The van der Waals surface area contributed by atoms with Crippen molar-refractivity contribution >= 4 is 5.97 Å². The molecule has 0 aliphatic rings. The second-order valence-electron chi connectivity index (χ2n) is 4.05. The van der Waals surface area contributed by atoms with Gasteiger partial charge < -0.3 is 14.6 Å². The summed E-state index contributed by atoms with van der Waals surface area (Å²) in [6, 6.07) is 5.13. The lowest BCUT2D eigenvalue weighted by Gasteiger charge is -2.12. The molecule has 0 atom stereocenters. The minimum atomic E-state index is -1.09. The van der Waals surface area contributed by atoms with Crippen molar-refractivity contribution < 1.29 is 19.4 Å². The van der Waals surface area contributed by atoms with E-state index in [0.717, 1.165) is 0 Å². The van der Waals surface area contributed by atoms with Crippen LogP contribution in [0, 0.1) is 6.92 Å². The second kappa shape index (κ2) is 5.56. The number of nitrogens with zero attached hydrogens (tertiary/aromatic N) is 2. The molecule has 0 saturated carbocycles. The molecule has 0 radical (unpaired) electrons. The summed E-state index contributed by atoms with van der Waals surface area (Å²) in [6.45, 7) is 1.70. The third-order valence-corrected chi connectivity index (χ3v) is 2.80. The van der Waals surface area contributed by atoms with Crippen molar-refractivity contribution in [3.63, 3.8) is 0 Å². The fourth-order valence-corrected chi connectivity index (χ4v) is 1.83. The minimum Gasteiger partial charge on any atom is -0.497 e. The molecule has 2 rings (SSSR count). The number of methoxy groups -OCH3 is 2. The first-order valence-electron chi connectivity index (χ1n) is 5.86. The molecular weight excluding hydrogens is 260 g/mol. The quantitative estimate of drug-likeness (QED) is 0.920. The van der Waals surface area contributed by atoms with Crippen LogP contribution >= 0.6 is 0 Å². The third kappa shape index (κ3) is 2.54. The summed E-state index contributed by atoms with van der Waals surface area (Å²) in [5, 5.41) is 9.26. The number of aromatic nitrogens is 2. The van der Waals surface area contributed by atoms with Crippen LogP contribution in [-0.2, 0) is 0 Å². The molecule has 1 aromatic heterocycles. The summed E-state index contributed by atoms with van der Waals surface area (Å²) in [5.74, 6) is 0.500. The highest BCUT2D eigenvalue weighted by Crippen LogP contribution is 2.34. The molecule has 2 aromatic rings. The molecule has 6 nitrogen and oxygen atoms in total. The number of aryl methyl sites for hydroxylation is 1. The first kappa shape index (κ1) is 13.8. The number of hydrogen-bond acceptors (Lipinski definition) is 5. The molecule has 6 heteroatoms. The van der Waals surface area contributed by atoms with Crippen molar-refractivity contribution in [3.8, 4) is 22.8 Å². The normalized spacial score (nSPS) is 10.2. The Kier molecular flexibility index (Phi) is 3.84. The highest BCUT2D eigenvalue weighted by molar-refractivity contribution is 5.95. The topological polar surface area (TPSA) is 81.5 Å². The summed E-state index contributed by atoms with van der Waals surface area (Å²) in [6.07, 6.45) is 1.29. The van der Waals surface area contributed by atoms with E-state index in [1.807, 2.05) is 0 Å². The van der Waals surface area contributed by atoms with E-state index in [4.69, 9.17) is 9.47 Å². The predicted octanol–water partition coefficient (Wildman–Crippen LogP) is 2.17. The zero-order valence-electron chi connectivity index (χ0n) is 11.4. The molecule has 1 heterocycles. The first-order valence-corrected chi connectivity index (χ1v) is 5.86. The second-order valence-corrected chi connectivity index (χ2v) is 4.05. The number of carboxylic acid groups (broad SMARTS) is 1. The lowest BCUT2D eigenvalue weighted by molar-refractivity contribution is 0.0697. The van der Waals surface area contributed by atoms with Gasteiger partial charge >= 0.3 is 5.97 Å². The van der Waals surface area contributed by atoms with Gasteiger partial charge in [-0.25, -0.2) is 14.8 Å². The molecule has 0 bridgehead atoms. The van der Waals surface area contributed by atoms with Crippen molar-refractivity contribution in [1.29, 1.82) is 0 Å². The van der Waals surface area contributed by atoms with E-state index in [1.165, 1.54) is 20.4 Å². The molecule has 0 unspecified atom stereocenters. The number of carbonyl (C=O) groups is 1. The molecule has 1 aromatic carbocycles. The number of aromatic carboxylic acids is 1. The number of ether oxygens (including phenoxy) is 2. The average molecular weight is 274 g/mol. The lowest BCUT2D eigenvalue weighted by Crippen LogP contribution is -2.05. The van der Waals surface area contributed by atoms with Crippen LogP contribution in [-0.4, -0.2) is 35.3 Å². The van der Waals surface area contributed by atoms with Crippen LogP contribution in [0.3, 0.4) is 0 Å². The van der Waals surface area contributed by atoms with Crippen molar-refractivity contribution in [2.45, 2.75) is 6.92 Å². The summed E-state index contributed by atoms with van der Waals surface area (Å²) >= 11 is 0. The van der Waals surface area contributed by atoms with Gasteiger partial charge in [-0.1, -0.05) is 0 Å². The van der Waals surface area contributed by atoms with Crippen LogP contribution in [0.1, 0.15) is 16.2 Å². The van der Waals surface area contributed by atoms with Gasteiger partial charge in [0.05, 0.1) is 19.9 Å². The van der Waals surface area contributed by atoms with E-state index < -0.39 is 5.97 Å². The van der Waals surface area contributed by atoms with Crippen LogP contribution in [0.15, 0.2) is 24.4 Å². The maximum Gasteiger partial charge on any atom is 0.339 e. The SMILES string of the molecule is COc1ccc(OC)c(-c2nc(C)ncc2C(=O)O)c1. The van der Waals surface area contributed by atoms with Gasteiger partial charge in [-0.2, -0.15) is 0 Å². The van der Waals surface area contributed by atoms with E-state index in [2.05, 4.69) is 9.97 Å². The predicted molar refractivity (Wildman–Crippen MR) is 72.3 cm³/mol. The number of benzene rings is 1. The standard InChI is InChI=1S/C14H14N2O4/c1-8-15-7-11(14(17)18)13(16-8)10-6-9(19-2)4-5-12(10)20-3/h4-7H,1-3H3,(H,17,18). The smallest absolute Gasteiger partial charge is 0.339 e. The van der Waals surface area contributed by atoms with E-state index in [-0.39, 0.29) is 5.56 Å². The van der Waals surface area contributed by atoms with Gasteiger partial charge in [0.2, 0.25) is 0 Å².